The minimum atomic E-state index is -4.65. The van der Waals surface area contributed by atoms with E-state index in [2.05, 4.69) is 25.6 Å². The number of anilines is 3. The molecule has 0 saturated carbocycles. The molecule has 11 heteroatoms. The number of nitrogens with one attached hydrogen (secondary N) is 2. The number of carbonyl (C=O) groups is 1. The van der Waals surface area contributed by atoms with Gasteiger partial charge in [-0.3, -0.25) is 4.79 Å². The average molecular weight is 406 g/mol. The summed E-state index contributed by atoms with van der Waals surface area (Å²) in [7, 11) is 0. The molecule has 3 rings (SSSR count). The van der Waals surface area contributed by atoms with Crippen molar-refractivity contribution in [2.75, 3.05) is 10.6 Å². The molecule has 3 aromatic rings. The van der Waals surface area contributed by atoms with Crippen LogP contribution in [-0.2, 0) is 12.7 Å². The number of aryl methyl sites for hydroxylation is 2. The summed E-state index contributed by atoms with van der Waals surface area (Å²) in [5, 5.41) is 5.43. The predicted octanol–water partition coefficient (Wildman–Crippen LogP) is 3.55. The van der Waals surface area contributed by atoms with Gasteiger partial charge in [0.2, 0.25) is 11.9 Å². The van der Waals surface area contributed by atoms with Crippen LogP contribution in [0.2, 0.25) is 0 Å². The van der Waals surface area contributed by atoms with Gasteiger partial charge < -0.3 is 20.8 Å². The number of benzene rings is 1. The van der Waals surface area contributed by atoms with Crippen molar-refractivity contribution in [3.8, 4) is 0 Å². The maximum absolute atomic E-state index is 13.3. The highest BCUT2D eigenvalue weighted by Gasteiger charge is 2.35. The van der Waals surface area contributed by atoms with Crippen molar-refractivity contribution in [1.29, 1.82) is 0 Å². The van der Waals surface area contributed by atoms with Gasteiger partial charge in [0, 0.05) is 24.4 Å². The highest BCUT2D eigenvalue weighted by molar-refractivity contribution is 5.94. The Morgan fingerprint density at radius 2 is 2.00 bits per heavy atom. The van der Waals surface area contributed by atoms with Crippen LogP contribution < -0.4 is 16.4 Å². The largest absolute Gasteiger partial charge is 0.449 e. The number of aromatic nitrogens is 3. The number of carbonyl (C=O) groups excluding carboxylic acids is 1. The van der Waals surface area contributed by atoms with E-state index in [0.717, 1.165) is 5.56 Å². The lowest BCUT2D eigenvalue weighted by molar-refractivity contribution is -0.137. The summed E-state index contributed by atoms with van der Waals surface area (Å²) in [6.45, 7) is 3.36. The van der Waals surface area contributed by atoms with Crippen LogP contribution in [0.25, 0.3) is 0 Å². The van der Waals surface area contributed by atoms with E-state index in [0.29, 0.717) is 23.5 Å². The number of amides is 1. The lowest BCUT2D eigenvalue weighted by Crippen LogP contribution is -2.15. The number of halogens is 3. The highest BCUT2D eigenvalue weighted by Crippen LogP contribution is 2.34. The third-order valence-corrected chi connectivity index (χ3v) is 3.97. The topological polar surface area (TPSA) is 119 Å². The number of oxazole rings is 1. The summed E-state index contributed by atoms with van der Waals surface area (Å²) in [6.07, 6.45) is -2.63. The molecule has 0 atom stereocenters. The van der Waals surface area contributed by atoms with Gasteiger partial charge in [-0.25, -0.2) is 9.97 Å². The average Bonchev–Trinajstić information content (AvgIpc) is 3.06. The van der Waals surface area contributed by atoms with E-state index in [1.165, 1.54) is 12.3 Å². The van der Waals surface area contributed by atoms with Gasteiger partial charge in [0.25, 0.3) is 0 Å². The molecule has 0 unspecified atom stereocenters. The molecule has 8 nitrogen and oxygen atoms in total. The first-order valence-electron chi connectivity index (χ1n) is 8.40. The van der Waals surface area contributed by atoms with E-state index in [1.807, 2.05) is 0 Å². The standard InChI is InChI=1S/C18H17F3N6O2/c1-9-3-4-11(15(22)28)5-14(9)26-17-24-7-13(18(19,20)21)16(27-17)23-6-12-8-29-10(2)25-12/h3-5,7-8H,6H2,1-2H3,(H2,22,28)(H2,23,24,26,27). The summed E-state index contributed by atoms with van der Waals surface area (Å²) in [5.41, 5.74) is 6.08. The molecule has 2 aromatic heterocycles. The zero-order valence-corrected chi connectivity index (χ0v) is 15.5. The Labute approximate surface area is 163 Å². The lowest BCUT2D eigenvalue weighted by Gasteiger charge is -2.15. The van der Waals surface area contributed by atoms with Gasteiger partial charge in [0.05, 0.1) is 12.2 Å². The fraction of sp³-hybridized carbons (Fsp3) is 0.222. The van der Waals surface area contributed by atoms with E-state index in [9.17, 15) is 18.0 Å². The lowest BCUT2D eigenvalue weighted by atomic mass is 10.1. The third-order valence-electron chi connectivity index (χ3n) is 3.97. The van der Waals surface area contributed by atoms with Gasteiger partial charge in [-0.15, -0.1) is 0 Å². The summed E-state index contributed by atoms with van der Waals surface area (Å²) in [5.74, 6) is -0.736. The van der Waals surface area contributed by atoms with Crippen LogP contribution in [-0.4, -0.2) is 20.9 Å². The van der Waals surface area contributed by atoms with Crippen molar-refractivity contribution in [3.05, 3.63) is 58.9 Å². The molecule has 0 bridgehead atoms. The Bertz CT molecular complexity index is 1050. The molecule has 29 heavy (non-hydrogen) atoms. The molecule has 0 aliphatic heterocycles. The molecule has 0 aliphatic carbocycles. The van der Waals surface area contributed by atoms with Gasteiger partial charge in [-0.2, -0.15) is 18.2 Å². The Morgan fingerprint density at radius 3 is 2.62 bits per heavy atom. The molecule has 0 spiro atoms. The van der Waals surface area contributed by atoms with E-state index in [1.54, 1.807) is 26.0 Å². The molecule has 0 fully saturated rings. The van der Waals surface area contributed by atoms with Gasteiger partial charge >= 0.3 is 6.18 Å². The minimum absolute atomic E-state index is 0.0208. The van der Waals surface area contributed by atoms with Crippen LogP contribution in [0.4, 0.5) is 30.6 Å². The number of primary amides is 1. The van der Waals surface area contributed by atoms with E-state index in [4.69, 9.17) is 10.2 Å². The molecule has 152 valence electrons. The maximum Gasteiger partial charge on any atom is 0.421 e. The number of nitrogens with two attached hydrogens (primary N) is 1. The van der Waals surface area contributed by atoms with Gasteiger partial charge in [0.1, 0.15) is 17.6 Å². The fourth-order valence-corrected chi connectivity index (χ4v) is 2.48. The summed E-state index contributed by atoms with van der Waals surface area (Å²) in [6, 6.07) is 4.67. The number of hydrogen-bond donors (Lipinski definition) is 3. The fourth-order valence-electron chi connectivity index (χ4n) is 2.48. The summed E-state index contributed by atoms with van der Waals surface area (Å²) < 4.78 is 45.0. The molecular weight excluding hydrogens is 389 g/mol. The van der Waals surface area contributed by atoms with E-state index in [-0.39, 0.29) is 18.1 Å². The monoisotopic (exact) mass is 406 g/mol. The second-order valence-electron chi connectivity index (χ2n) is 6.18. The van der Waals surface area contributed by atoms with Crippen LogP contribution >= 0.6 is 0 Å². The Balaban J connectivity index is 1.90. The quantitative estimate of drug-likeness (QED) is 0.573. The van der Waals surface area contributed by atoms with Gasteiger partial charge in [-0.05, 0) is 24.6 Å². The van der Waals surface area contributed by atoms with Crippen molar-refractivity contribution >= 4 is 23.4 Å². The molecule has 0 radical (unpaired) electrons. The molecule has 1 amide bonds. The number of nitrogens with zero attached hydrogens (tertiary/aromatic N) is 3. The SMILES string of the molecule is Cc1nc(CNc2nc(Nc3cc(C(N)=O)ccc3C)ncc2C(F)(F)F)co1. The van der Waals surface area contributed by atoms with Crippen LogP contribution in [0.3, 0.4) is 0 Å². The second-order valence-corrected chi connectivity index (χ2v) is 6.18. The number of rotatable bonds is 6. The maximum atomic E-state index is 13.3. The van der Waals surface area contributed by atoms with Crippen LogP contribution in [0.15, 0.2) is 35.1 Å². The Morgan fingerprint density at radius 1 is 1.24 bits per heavy atom. The first-order valence-corrected chi connectivity index (χ1v) is 8.40. The second kappa shape index (κ2) is 7.78. The Hall–Kier alpha value is -3.63. The molecule has 0 aliphatic rings. The van der Waals surface area contributed by atoms with Crippen molar-refractivity contribution < 1.29 is 22.4 Å². The highest BCUT2D eigenvalue weighted by atomic mass is 19.4. The molecule has 2 heterocycles. The number of hydrogen-bond acceptors (Lipinski definition) is 7. The smallest absolute Gasteiger partial charge is 0.421 e. The Kier molecular flexibility index (Phi) is 5.39. The number of alkyl halides is 3. The van der Waals surface area contributed by atoms with Crippen LogP contribution in [0.5, 0.6) is 0 Å². The van der Waals surface area contributed by atoms with E-state index < -0.39 is 23.5 Å². The zero-order chi connectivity index (χ0) is 21.2. The first kappa shape index (κ1) is 20.1. The molecule has 1 aromatic carbocycles. The molecule has 0 saturated heterocycles. The van der Waals surface area contributed by atoms with Crippen LogP contribution in [0.1, 0.15) is 33.1 Å². The van der Waals surface area contributed by atoms with Crippen molar-refractivity contribution in [3.63, 3.8) is 0 Å². The van der Waals surface area contributed by atoms with Crippen LogP contribution in [0, 0.1) is 13.8 Å². The van der Waals surface area contributed by atoms with Gasteiger partial charge in [-0.1, -0.05) is 6.07 Å². The van der Waals surface area contributed by atoms with E-state index >= 15 is 0 Å². The molecule has 4 N–H and O–H groups in total. The molecular formula is C18H17F3N6O2. The predicted molar refractivity (Wildman–Crippen MR) is 98.6 cm³/mol. The zero-order valence-electron chi connectivity index (χ0n) is 15.5. The summed E-state index contributed by atoms with van der Waals surface area (Å²) >= 11 is 0. The summed E-state index contributed by atoms with van der Waals surface area (Å²) in [4.78, 5) is 23.1. The van der Waals surface area contributed by atoms with Crippen molar-refractivity contribution in [1.82, 2.24) is 15.0 Å². The van der Waals surface area contributed by atoms with Gasteiger partial charge in [0.15, 0.2) is 5.89 Å². The third kappa shape index (κ3) is 4.81. The van der Waals surface area contributed by atoms with Crippen molar-refractivity contribution in [2.24, 2.45) is 5.73 Å². The first-order chi connectivity index (χ1) is 13.6. The van der Waals surface area contributed by atoms with Crippen molar-refractivity contribution in [2.45, 2.75) is 26.6 Å². The normalized spacial score (nSPS) is 11.3. The minimum Gasteiger partial charge on any atom is -0.449 e.